The summed E-state index contributed by atoms with van der Waals surface area (Å²) in [5.74, 6) is -0.517. The zero-order valence-corrected chi connectivity index (χ0v) is 12.6. The number of hydrogen-bond acceptors (Lipinski definition) is 1. The van der Waals surface area contributed by atoms with Crippen molar-refractivity contribution in [1.29, 1.82) is 0 Å². The zero-order chi connectivity index (χ0) is 15.2. The Hall–Kier alpha value is -1.87. The van der Waals surface area contributed by atoms with Gasteiger partial charge >= 0.3 is 0 Å². The first-order chi connectivity index (χ1) is 10.1. The molecular weight excluding hydrogens is 289 g/mol. The van der Waals surface area contributed by atoms with Crippen molar-refractivity contribution < 1.29 is 9.18 Å². The van der Waals surface area contributed by atoms with Gasteiger partial charge in [-0.25, -0.2) is 4.39 Å². The highest BCUT2D eigenvalue weighted by Crippen LogP contribution is 2.15. The Bertz CT molecular complexity index is 615. The van der Waals surface area contributed by atoms with Crippen LogP contribution in [-0.4, -0.2) is 23.2 Å². The van der Waals surface area contributed by atoms with Gasteiger partial charge in [-0.15, -0.1) is 11.6 Å². The number of rotatable bonds is 5. The maximum atomic E-state index is 14.0. The highest BCUT2D eigenvalue weighted by Gasteiger charge is 2.19. The minimum atomic E-state index is -0.493. The van der Waals surface area contributed by atoms with Gasteiger partial charge in [0.15, 0.2) is 0 Å². The molecule has 0 unspecified atom stereocenters. The second kappa shape index (κ2) is 7.23. The predicted octanol–water partition coefficient (Wildman–Crippen LogP) is 4.02. The van der Waals surface area contributed by atoms with E-state index in [1.54, 1.807) is 17.9 Å². The lowest BCUT2D eigenvalue weighted by Gasteiger charge is -2.22. The molecule has 2 aromatic rings. The van der Waals surface area contributed by atoms with Crippen molar-refractivity contribution in [3.05, 3.63) is 71.0 Å². The second-order valence-electron chi connectivity index (χ2n) is 4.88. The second-order valence-corrected chi connectivity index (χ2v) is 5.26. The van der Waals surface area contributed by atoms with Gasteiger partial charge in [-0.1, -0.05) is 36.4 Å². The first-order valence-corrected chi connectivity index (χ1v) is 7.30. The van der Waals surface area contributed by atoms with Crippen molar-refractivity contribution in [3.63, 3.8) is 0 Å². The molecule has 0 fully saturated rings. The van der Waals surface area contributed by atoms with E-state index in [-0.39, 0.29) is 11.5 Å². The molecule has 0 radical (unpaired) electrons. The molecule has 0 heterocycles. The van der Waals surface area contributed by atoms with Crippen LogP contribution in [0.25, 0.3) is 0 Å². The summed E-state index contributed by atoms with van der Waals surface area (Å²) in [6.07, 6.45) is 0. The summed E-state index contributed by atoms with van der Waals surface area (Å²) in [4.78, 5) is 14.1. The maximum absolute atomic E-state index is 14.0. The molecule has 21 heavy (non-hydrogen) atoms. The molecule has 0 aliphatic rings. The van der Waals surface area contributed by atoms with E-state index in [2.05, 4.69) is 0 Å². The fourth-order valence-electron chi connectivity index (χ4n) is 2.12. The number of carbonyl (C=O) groups excluding carboxylic acids is 1. The van der Waals surface area contributed by atoms with Crippen molar-refractivity contribution in [2.75, 3.05) is 12.4 Å². The lowest BCUT2D eigenvalue weighted by Crippen LogP contribution is -2.32. The van der Waals surface area contributed by atoms with E-state index in [9.17, 15) is 9.18 Å². The molecule has 4 heteroatoms. The fourth-order valence-corrected chi connectivity index (χ4v) is 2.33. The van der Waals surface area contributed by atoms with Gasteiger partial charge < -0.3 is 4.90 Å². The van der Waals surface area contributed by atoms with E-state index < -0.39 is 5.82 Å². The Morgan fingerprint density at radius 1 is 1.19 bits per heavy atom. The van der Waals surface area contributed by atoms with Gasteiger partial charge in [0.05, 0.1) is 5.56 Å². The predicted molar refractivity (Wildman–Crippen MR) is 83.0 cm³/mol. The standard InChI is InChI=1S/C17H17ClFNO/c1-13-7-8-15(16(19)11-13)17(21)20(10-9-18)12-14-5-3-2-4-6-14/h2-8,11H,9-10,12H2,1H3. The van der Waals surface area contributed by atoms with Crippen molar-refractivity contribution in [1.82, 2.24) is 4.90 Å². The summed E-state index contributed by atoms with van der Waals surface area (Å²) >= 11 is 5.77. The average molecular weight is 306 g/mol. The summed E-state index contributed by atoms with van der Waals surface area (Å²) < 4.78 is 14.0. The van der Waals surface area contributed by atoms with E-state index >= 15 is 0 Å². The van der Waals surface area contributed by atoms with Gasteiger partial charge in [0, 0.05) is 19.0 Å². The van der Waals surface area contributed by atoms with Crippen LogP contribution in [0.2, 0.25) is 0 Å². The Kier molecular flexibility index (Phi) is 5.34. The summed E-state index contributed by atoms with van der Waals surface area (Å²) in [7, 11) is 0. The molecule has 0 aliphatic heterocycles. The topological polar surface area (TPSA) is 20.3 Å². The summed E-state index contributed by atoms with van der Waals surface area (Å²) in [5, 5.41) is 0. The Balaban J connectivity index is 2.23. The van der Waals surface area contributed by atoms with Crippen molar-refractivity contribution in [2.45, 2.75) is 13.5 Å². The third-order valence-electron chi connectivity index (χ3n) is 3.21. The van der Waals surface area contributed by atoms with Crippen molar-refractivity contribution in [3.8, 4) is 0 Å². The third kappa shape index (κ3) is 4.05. The lowest BCUT2D eigenvalue weighted by molar-refractivity contribution is 0.0749. The third-order valence-corrected chi connectivity index (χ3v) is 3.38. The van der Waals surface area contributed by atoms with Gasteiger partial charge in [0.25, 0.3) is 5.91 Å². The van der Waals surface area contributed by atoms with E-state index in [0.717, 1.165) is 11.1 Å². The van der Waals surface area contributed by atoms with Gasteiger partial charge in [-0.3, -0.25) is 4.79 Å². The first kappa shape index (κ1) is 15.5. The summed E-state index contributed by atoms with van der Waals surface area (Å²) in [6.45, 7) is 2.58. The number of carbonyl (C=O) groups is 1. The minimum absolute atomic E-state index is 0.0849. The molecule has 0 atom stereocenters. The van der Waals surface area contributed by atoms with Crippen LogP contribution in [-0.2, 0) is 6.54 Å². The molecule has 0 spiro atoms. The monoisotopic (exact) mass is 305 g/mol. The molecular formula is C17H17ClFNO. The maximum Gasteiger partial charge on any atom is 0.257 e. The summed E-state index contributed by atoms with van der Waals surface area (Å²) in [5.41, 5.74) is 1.86. The van der Waals surface area contributed by atoms with Gasteiger partial charge in [-0.2, -0.15) is 0 Å². The largest absolute Gasteiger partial charge is 0.333 e. The minimum Gasteiger partial charge on any atom is -0.333 e. The molecule has 0 N–H and O–H groups in total. The first-order valence-electron chi connectivity index (χ1n) is 6.77. The molecule has 2 rings (SSSR count). The molecule has 0 saturated heterocycles. The fraction of sp³-hybridized carbons (Fsp3) is 0.235. The highest BCUT2D eigenvalue weighted by molar-refractivity contribution is 6.18. The lowest BCUT2D eigenvalue weighted by atomic mass is 10.1. The van der Waals surface area contributed by atoms with E-state index in [1.165, 1.54) is 12.1 Å². The molecule has 0 bridgehead atoms. The Morgan fingerprint density at radius 2 is 1.90 bits per heavy atom. The van der Waals surface area contributed by atoms with Crippen molar-refractivity contribution in [2.24, 2.45) is 0 Å². The smallest absolute Gasteiger partial charge is 0.257 e. The Labute approximate surface area is 129 Å². The van der Waals surface area contributed by atoms with Gasteiger partial charge in [0.1, 0.15) is 5.82 Å². The van der Waals surface area contributed by atoms with Gasteiger partial charge in [-0.05, 0) is 30.2 Å². The number of amides is 1. The zero-order valence-electron chi connectivity index (χ0n) is 11.9. The quantitative estimate of drug-likeness (QED) is 0.764. The SMILES string of the molecule is Cc1ccc(C(=O)N(CCCl)Cc2ccccc2)c(F)c1. The van der Waals surface area contributed by atoms with Crippen LogP contribution in [0.5, 0.6) is 0 Å². The number of halogens is 2. The summed E-state index contributed by atoms with van der Waals surface area (Å²) in [6, 6.07) is 14.2. The van der Waals surface area contributed by atoms with Crippen LogP contribution >= 0.6 is 11.6 Å². The average Bonchev–Trinajstić information content (AvgIpc) is 2.47. The molecule has 0 aromatic heterocycles. The molecule has 1 amide bonds. The highest BCUT2D eigenvalue weighted by atomic mass is 35.5. The molecule has 110 valence electrons. The van der Waals surface area contributed by atoms with Crippen LogP contribution in [0.3, 0.4) is 0 Å². The van der Waals surface area contributed by atoms with Crippen LogP contribution in [0.15, 0.2) is 48.5 Å². The number of nitrogens with zero attached hydrogens (tertiary/aromatic N) is 1. The molecule has 0 aliphatic carbocycles. The van der Waals surface area contributed by atoms with E-state index in [4.69, 9.17) is 11.6 Å². The molecule has 2 nitrogen and oxygen atoms in total. The molecule has 2 aromatic carbocycles. The van der Waals surface area contributed by atoms with E-state index in [0.29, 0.717) is 19.0 Å². The molecule has 0 saturated carbocycles. The van der Waals surface area contributed by atoms with Crippen molar-refractivity contribution >= 4 is 17.5 Å². The van der Waals surface area contributed by atoms with Crippen LogP contribution in [0.1, 0.15) is 21.5 Å². The van der Waals surface area contributed by atoms with Crippen LogP contribution in [0, 0.1) is 12.7 Å². The van der Waals surface area contributed by atoms with Gasteiger partial charge in [0.2, 0.25) is 0 Å². The number of benzene rings is 2. The number of aryl methyl sites for hydroxylation is 1. The van der Waals surface area contributed by atoms with Crippen LogP contribution in [0.4, 0.5) is 4.39 Å². The normalized spacial score (nSPS) is 10.4. The number of hydrogen-bond donors (Lipinski definition) is 0. The Morgan fingerprint density at radius 3 is 2.52 bits per heavy atom. The van der Waals surface area contributed by atoms with Crippen LogP contribution < -0.4 is 0 Å². The van der Waals surface area contributed by atoms with E-state index in [1.807, 2.05) is 30.3 Å². The number of alkyl halides is 1.